The molecule has 0 aromatic heterocycles. The number of carbonyl (C=O) groups excluding carboxylic acids is 2. The zero-order chi connectivity index (χ0) is 21.5. The maximum absolute atomic E-state index is 12.7. The summed E-state index contributed by atoms with van der Waals surface area (Å²) in [5.41, 5.74) is 0.957. The first kappa shape index (κ1) is 21.6. The van der Waals surface area contributed by atoms with E-state index in [0.29, 0.717) is 37.7 Å². The van der Waals surface area contributed by atoms with E-state index in [1.165, 1.54) is 30.0 Å². The number of nitrogens with one attached hydrogen (secondary N) is 1. The summed E-state index contributed by atoms with van der Waals surface area (Å²) in [6.07, 6.45) is 1.89. The number of nitro groups is 1. The Bertz CT molecular complexity index is 946. The second-order valence-electron chi connectivity index (χ2n) is 6.38. The standard InChI is InChI=1S/C20H21N3O6S/c1-30-18-5-3-2-4-16(18)21-19(24)13-29-20(25)15-12-14(23(26)27)6-7-17(15)22-8-10-28-11-9-22/h2-7,12H,8-11,13H2,1H3,(H,21,24). The van der Waals surface area contributed by atoms with Crippen LogP contribution in [-0.2, 0) is 14.3 Å². The first-order valence-electron chi connectivity index (χ1n) is 9.20. The molecule has 1 aliphatic rings. The minimum Gasteiger partial charge on any atom is -0.452 e. The summed E-state index contributed by atoms with van der Waals surface area (Å²) in [6.45, 7) is 1.56. The molecule has 2 aromatic carbocycles. The summed E-state index contributed by atoms with van der Waals surface area (Å²) < 4.78 is 10.5. The third-order valence-corrected chi connectivity index (χ3v) is 5.27. The van der Waals surface area contributed by atoms with Gasteiger partial charge in [0.25, 0.3) is 11.6 Å². The van der Waals surface area contributed by atoms with Gasteiger partial charge >= 0.3 is 5.97 Å². The number of hydrogen-bond acceptors (Lipinski definition) is 8. The zero-order valence-corrected chi connectivity index (χ0v) is 17.1. The van der Waals surface area contributed by atoms with E-state index in [9.17, 15) is 19.7 Å². The van der Waals surface area contributed by atoms with E-state index in [1.807, 2.05) is 23.3 Å². The van der Waals surface area contributed by atoms with Gasteiger partial charge in [-0.25, -0.2) is 4.79 Å². The summed E-state index contributed by atoms with van der Waals surface area (Å²) in [4.78, 5) is 38.3. The van der Waals surface area contributed by atoms with Crippen molar-refractivity contribution in [3.8, 4) is 0 Å². The van der Waals surface area contributed by atoms with E-state index in [4.69, 9.17) is 9.47 Å². The van der Waals surface area contributed by atoms with Gasteiger partial charge in [-0.15, -0.1) is 11.8 Å². The lowest BCUT2D eigenvalue weighted by Crippen LogP contribution is -2.37. The quantitative estimate of drug-likeness (QED) is 0.308. The molecule has 2 aromatic rings. The van der Waals surface area contributed by atoms with Crippen molar-refractivity contribution in [1.29, 1.82) is 0 Å². The summed E-state index contributed by atoms with van der Waals surface area (Å²) in [6, 6.07) is 11.3. The average molecular weight is 431 g/mol. The van der Waals surface area contributed by atoms with Gasteiger partial charge in [-0.3, -0.25) is 14.9 Å². The summed E-state index contributed by atoms with van der Waals surface area (Å²) >= 11 is 1.48. The van der Waals surface area contributed by atoms with Crippen LogP contribution in [0.15, 0.2) is 47.4 Å². The monoisotopic (exact) mass is 431 g/mol. The van der Waals surface area contributed by atoms with Crippen LogP contribution in [0.5, 0.6) is 0 Å². The predicted molar refractivity (Wildman–Crippen MR) is 113 cm³/mol. The molecule has 1 saturated heterocycles. The number of para-hydroxylation sites is 1. The van der Waals surface area contributed by atoms with E-state index in [1.54, 1.807) is 12.1 Å². The van der Waals surface area contributed by atoms with Gasteiger partial charge in [0, 0.05) is 30.1 Å². The van der Waals surface area contributed by atoms with Crippen LogP contribution in [0, 0.1) is 10.1 Å². The average Bonchev–Trinajstić information content (AvgIpc) is 2.78. The summed E-state index contributed by atoms with van der Waals surface area (Å²) in [5, 5.41) is 13.9. The van der Waals surface area contributed by atoms with Gasteiger partial charge in [0.05, 0.1) is 35.1 Å². The van der Waals surface area contributed by atoms with Crippen molar-refractivity contribution >= 4 is 40.7 Å². The number of amides is 1. The van der Waals surface area contributed by atoms with Crippen molar-refractivity contribution in [3.05, 3.63) is 58.1 Å². The first-order valence-corrected chi connectivity index (χ1v) is 10.4. The fourth-order valence-corrected chi connectivity index (χ4v) is 3.58. The molecular weight excluding hydrogens is 410 g/mol. The van der Waals surface area contributed by atoms with Crippen molar-refractivity contribution in [2.75, 3.05) is 49.4 Å². The van der Waals surface area contributed by atoms with Crippen molar-refractivity contribution in [1.82, 2.24) is 0 Å². The molecule has 0 unspecified atom stereocenters. The molecule has 30 heavy (non-hydrogen) atoms. The molecule has 0 bridgehead atoms. The molecule has 0 spiro atoms. The topological polar surface area (TPSA) is 111 Å². The Morgan fingerprint density at radius 2 is 1.97 bits per heavy atom. The van der Waals surface area contributed by atoms with Crippen LogP contribution in [0.4, 0.5) is 17.1 Å². The Labute approximate surface area is 177 Å². The van der Waals surface area contributed by atoms with Gasteiger partial charge in [0.2, 0.25) is 0 Å². The fraction of sp³-hybridized carbons (Fsp3) is 0.300. The molecule has 158 valence electrons. The number of thioether (sulfide) groups is 1. The molecule has 1 aliphatic heterocycles. The van der Waals surface area contributed by atoms with Gasteiger partial charge in [-0.2, -0.15) is 0 Å². The van der Waals surface area contributed by atoms with Gasteiger partial charge < -0.3 is 19.7 Å². The van der Waals surface area contributed by atoms with Gasteiger partial charge in [0.1, 0.15) is 0 Å². The number of nitrogens with zero attached hydrogens (tertiary/aromatic N) is 2. The highest BCUT2D eigenvalue weighted by Crippen LogP contribution is 2.27. The number of benzene rings is 2. The summed E-state index contributed by atoms with van der Waals surface area (Å²) in [7, 11) is 0. The lowest BCUT2D eigenvalue weighted by Gasteiger charge is -2.30. The molecule has 1 heterocycles. The Hall–Kier alpha value is -3.11. The van der Waals surface area contributed by atoms with E-state index in [-0.39, 0.29) is 11.3 Å². The number of ether oxygens (including phenoxy) is 2. The SMILES string of the molecule is CSc1ccccc1NC(=O)COC(=O)c1cc([N+](=O)[O-])ccc1N1CCOCC1. The number of hydrogen-bond donors (Lipinski definition) is 1. The van der Waals surface area contributed by atoms with E-state index >= 15 is 0 Å². The highest BCUT2D eigenvalue weighted by Gasteiger charge is 2.23. The second kappa shape index (κ2) is 10.1. The number of non-ortho nitro benzene ring substituents is 1. The Kier molecular flexibility index (Phi) is 7.26. The van der Waals surface area contributed by atoms with E-state index in [0.717, 1.165) is 4.90 Å². The highest BCUT2D eigenvalue weighted by atomic mass is 32.2. The third-order valence-electron chi connectivity index (χ3n) is 4.48. The van der Waals surface area contributed by atoms with E-state index in [2.05, 4.69) is 5.32 Å². The Morgan fingerprint density at radius 3 is 2.67 bits per heavy atom. The van der Waals surface area contributed by atoms with E-state index < -0.39 is 23.4 Å². The molecule has 0 saturated carbocycles. The number of morpholine rings is 1. The van der Waals surface area contributed by atoms with Gasteiger partial charge in [0.15, 0.2) is 6.61 Å². The number of rotatable bonds is 7. The molecule has 10 heteroatoms. The van der Waals surface area contributed by atoms with Gasteiger partial charge in [-0.1, -0.05) is 12.1 Å². The Morgan fingerprint density at radius 1 is 1.23 bits per heavy atom. The predicted octanol–water partition coefficient (Wildman–Crippen LogP) is 2.95. The minimum atomic E-state index is -0.798. The normalized spacial score (nSPS) is 13.6. The molecule has 0 atom stereocenters. The molecule has 3 rings (SSSR count). The van der Waals surface area contributed by atoms with Crippen LogP contribution in [0.3, 0.4) is 0 Å². The number of anilines is 2. The Balaban J connectivity index is 1.72. The lowest BCUT2D eigenvalue weighted by atomic mass is 10.1. The molecule has 1 amide bonds. The number of nitro benzene ring substituents is 1. The fourth-order valence-electron chi connectivity index (χ4n) is 3.02. The minimum absolute atomic E-state index is 0.0448. The van der Waals surface area contributed by atoms with Crippen LogP contribution in [0.25, 0.3) is 0 Å². The molecule has 9 nitrogen and oxygen atoms in total. The van der Waals surface area contributed by atoms with Crippen LogP contribution in [0.2, 0.25) is 0 Å². The first-order chi connectivity index (χ1) is 14.5. The lowest BCUT2D eigenvalue weighted by molar-refractivity contribution is -0.384. The molecular formula is C20H21N3O6S. The number of carbonyl (C=O) groups is 2. The smallest absolute Gasteiger partial charge is 0.341 e. The van der Waals surface area contributed by atoms with Crippen LogP contribution < -0.4 is 10.2 Å². The number of esters is 1. The zero-order valence-electron chi connectivity index (χ0n) is 16.3. The van der Waals surface area contributed by atoms with Crippen molar-refractivity contribution in [2.45, 2.75) is 4.90 Å². The maximum atomic E-state index is 12.7. The summed E-state index contributed by atoms with van der Waals surface area (Å²) in [5.74, 6) is -1.29. The van der Waals surface area contributed by atoms with Gasteiger partial charge in [-0.05, 0) is 24.5 Å². The molecule has 0 radical (unpaired) electrons. The van der Waals surface area contributed by atoms with Crippen molar-refractivity contribution < 1.29 is 24.0 Å². The second-order valence-corrected chi connectivity index (χ2v) is 7.23. The maximum Gasteiger partial charge on any atom is 0.341 e. The van der Waals surface area contributed by atoms with Crippen LogP contribution in [-0.4, -0.2) is 56.0 Å². The highest BCUT2D eigenvalue weighted by molar-refractivity contribution is 7.98. The van der Waals surface area contributed by atoms with Crippen LogP contribution >= 0.6 is 11.8 Å². The largest absolute Gasteiger partial charge is 0.452 e. The third kappa shape index (κ3) is 5.28. The van der Waals surface area contributed by atoms with Crippen molar-refractivity contribution in [2.24, 2.45) is 0 Å². The van der Waals surface area contributed by atoms with Crippen LogP contribution in [0.1, 0.15) is 10.4 Å². The molecule has 1 fully saturated rings. The molecule has 1 N–H and O–H groups in total. The molecule has 0 aliphatic carbocycles. The van der Waals surface area contributed by atoms with Crippen molar-refractivity contribution in [3.63, 3.8) is 0 Å².